The molecule has 0 aliphatic carbocycles. The standard InChI is InChI=1S/C23H40N2O4S/c1-4-6-7-8-9-10-11-12-13-15-22(26)25(16-14-17-28-3)18-21-24-20(19-30-21)23(27)29-5-2/h19H,4-18H2,1-3H3. The Labute approximate surface area is 186 Å². The molecule has 7 heteroatoms. The molecule has 1 rings (SSSR count). The molecule has 0 aromatic carbocycles. The Hall–Kier alpha value is -1.47. The van der Waals surface area contributed by atoms with Crippen LogP contribution in [0.2, 0.25) is 0 Å². The number of hydrogen-bond acceptors (Lipinski definition) is 6. The number of rotatable bonds is 18. The summed E-state index contributed by atoms with van der Waals surface area (Å²) in [6.07, 6.45) is 12.5. The van der Waals surface area contributed by atoms with Gasteiger partial charge in [0.15, 0.2) is 5.69 Å². The molecule has 1 amide bonds. The Bertz CT molecular complexity index is 592. The molecule has 0 spiro atoms. The lowest BCUT2D eigenvalue weighted by Crippen LogP contribution is -2.32. The number of carbonyl (C=O) groups excluding carboxylic acids is 2. The largest absolute Gasteiger partial charge is 0.461 e. The van der Waals surface area contributed by atoms with Gasteiger partial charge in [0.2, 0.25) is 5.91 Å². The van der Waals surface area contributed by atoms with Crippen molar-refractivity contribution in [2.45, 2.75) is 91.0 Å². The van der Waals surface area contributed by atoms with E-state index in [1.807, 2.05) is 4.90 Å². The van der Waals surface area contributed by atoms with Crippen LogP contribution in [-0.2, 0) is 20.8 Å². The van der Waals surface area contributed by atoms with Gasteiger partial charge < -0.3 is 14.4 Å². The van der Waals surface area contributed by atoms with Crippen molar-refractivity contribution in [1.29, 1.82) is 0 Å². The van der Waals surface area contributed by atoms with E-state index in [9.17, 15) is 9.59 Å². The van der Waals surface area contributed by atoms with E-state index in [1.165, 1.54) is 56.3 Å². The highest BCUT2D eigenvalue weighted by Crippen LogP contribution is 2.16. The van der Waals surface area contributed by atoms with Crippen molar-refractivity contribution in [1.82, 2.24) is 9.88 Å². The van der Waals surface area contributed by atoms with Gasteiger partial charge in [0.25, 0.3) is 0 Å². The highest BCUT2D eigenvalue weighted by atomic mass is 32.1. The van der Waals surface area contributed by atoms with Crippen molar-refractivity contribution in [2.24, 2.45) is 0 Å². The van der Waals surface area contributed by atoms with Gasteiger partial charge in [-0.1, -0.05) is 58.3 Å². The van der Waals surface area contributed by atoms with Gasteiger partial charge in [0, 0.05) is 32.1 Å². The van der Waals surface area contributed by atoms with E-state index < -0.39 is 5.97 Å². The Kier molecular flexibility index (Phi) is 15.3. The second kappa shape index (κ2) is 17.2. The van der Waals surface area contributed by atoms with Gasteiger partial charge in [0.05, 0.1) is 13.2 Å². The van der Waals surface area contributed by atoms with Gasteiger partial charge in [0.1, 0.15) is 5.01 Å². The number of ether oxygens (including phenoxy) is 2. The van der Waals surface area contributed by atoms with Crippen LogP contribution < -0.4 is 0 Å². The molecular weight excluding hydrogens is 400 g/mol. The maximum Gasteiger partial charge on any atom is 0.357 e. The molecule has 0 fully saturated rings. The monoisotopic (exact) mass is 440 g/mol. The summed E-state index contributed by atoms with van der Waals surface area (Å²) in [5.74, 6) is -0.256. The fourth-order valence-electron chi connectivity index (χ4n) is 3.28. The van der Waals surface area contributed by atoms with Crippen LogP contribution in [0.5, 0.6) is 0 Å². The van der Waals surface area contributed by atoms with Crippen molar-refractivity contribution >= 4 is 23.2 Å². The molecule has 0 saturated carbocycles. The number of esters is 1. The molecule has 0 radical (unpaired) electrons. The third kappa shape index (κ3) is 11.6. The minimum absolute atomic E-state index is 0.155. The lowest BCUT2D eigenvalue weighted by Gasteiger charge is -2.21. The summed E-state index contributed by atoms with van der Waals surface area (Å²) in [5, 5.41) is 2.46. The average molecular weight is 441 g/mol. The zero-order chi connectivity index (χ0) is 22.0. The van der Waals surface area contributed by atoms with Gasteiger partial charge in [-0.25, -0.2) is 9.78 Å². The number of methoxy groups -OCH3 is 1. The van der Waals surface area contributed by atoms with Crippen LogP contribution >= 0.6 is 11.3 Å². The summed E-state index contributed by atoms with van der Waals surface area (Å²) in [5.41, 5.74) is 0.320. The highest BCUT2D eigenvalue weighted by molar-refractivity contribution is 7.09. The quantitative estimate of drug-likeness (QED) is 0.219. The molecule has 172 valence electrons. The third-order valence-corrected chi connectivity index (χ3v) is 5.82. The van der Waals surface area contributed by atoms with Gasteiger partial charge in [-0.15, -0.1) is 11.3 Å². The molecule has 0 aliphatic rings. The molecule has 6 nitrogen and oxygen atoms in total. The molecule has 30 heavy (non-hydrogen) atoms. The second-order valence-corrected chi connectivity index (χ2v) is 8.53. The third-order valence-electron chi connectivity index (χ3n) is 4.99. The minimum atomic E-state index is -0.410. The number of aromatic nitrogens is 1. The molecule has 0 atom stereocenters. The fraction of sp³-hybridized carbons (Fsp3) is 0.783. The summed E-state index contributed by atoms with van der Waals surface area (Å²) in [6.45, 7) is 6.03. The summed E-state index contributed by atoms with van der Waals surface area (Å²) in [6, 6.07) is 0. The van der Waals surface area contributed by atoms with E-state index in [-0.39, 0.29) is 5.91 Å². The van der Waals surface area contributed by atoms with E-state index in [0.717, 1.165) is 24.3 Å². The van der Waals surface area contributed by atoms with Crippen LogP contribution in [0.3, 0.4) is 0 Å². The van der Waals surface area contributed by atoms with E-state index in [1.54, 1.807) is 19.4 Å². The first kappa shape index (κ1) is 26.6. The lowest BCUT2D eigenvalue weighted by atomic mass is 10.1. The Balaban J connectivity index is 2.41. The van der Waals surface area contributed by atoms with Crippen molar-refractivity contribution < 1.29 is 19.1 Å². The van der Waals surface area contributed by atoms with Crippen LogP contribution in [0.1, 0.15) is 100.0 Å². The molecule has 0 N–H and O–H groups in total. The summed E-state index contributed by atoms with van der Waals surface area (Å²) < 4.78 is 10.1. The maximum atomic E-state index is 12.8. The topological polar surface area (TPSA) is 68.7 Å². The van der Waals surface area contributed by atoms with E-state index >= 15 is 0 Å². The Morgan fingerprint density at radius 2 is 1.67 bits per heavy atom. The molecule has 0 saturated heterocycles. The molecular formula is C23H40N2O4S. The zero-order valence-electron chi connectivity index (χ0n) is 19.1. The number of amides is 1. The fourth-order valence-corrected chi connectivity index (χ4v) is 4.06. The SMILES string of the molecule is CCCCCCCCCCCC(=O)N(CCCOC)Cc1nc(C(=O)OCC)cs1. The van der Waals surface area contributed by atoms with Crippen LogP contribution in [0.25, 0.3) is 0 Å². The molecule has 0 aliphatic heterocycles. The van der Waals surface area contributed by atoms with E-state index in [4.69, 9.17) is 9.47 Å². The highest BCUT2D eigenvalue weighted by Gasteiger charge is 2.17. The van der Waals surface area contributed by atoms with Crippen molar-refractivity contribution in [3.8, 4) is 0 Å². The molecule has 0 unspecified atom stereocenters. The van der Waals surface area contributed by atoms with E-state index in [0.29, 0.717) is 38.4 Å². The van der Waals surface area contributed by atoms with Gasteiger partial charge in [-0.05, 0) is 19.8 Å². The number of thiazole rings is 1. The molecule has 1 aromatic rings. The number of nitrogens with zero attached hydrogens (tertiary/aromatic N) is 2. The summed E-state index contributed by atoms with van der Waals surface area (Å²) >= 11 is 1.39. The maximum absolute atomic E-state index is 12.8. The predicted molar refractivity (Wildman–Crippen MR) is 122 cm³/mol. The second-order valence-electron chi connectivity index (χ2n) is 7.59. The predicted octanol–water partition coefficient (Wildman–Crippen LogP) is 5.61. The van der Waals surface area contributed by atoms with Gasteiger partial charge in [-0.2, -0.15) is 0 Å². The summed E-state index contributed by atoms with van der Waals surface area (Å²) in [4.78, 5) is 30.8. The zero-order valence-corrected chi connectivity index (χ0v) is 19.9. The molecule has 1 aromatic heterocycles. The normalized spacial score (nSPS) is 10.9. The first-order chi connectivity index (χ1) is 14.6. The number of carbonyl (C=O) groups is 2. The van der Waals surface area contributed by atoms with Crippen molar-refractivity contribution in [3.05, 3.63) is 16.1 Å². The van der Waals surface area contributed by atoms with Crippen LogP contribution in [-0.4, -0.2) is 48.6 Å². The smallest absolute Gasteiger partial charge is 0.357 e. The van der Waals surface area contributed by atoms with Crippen molar-refractivity contribution in [3.63, 3.8) is 0 Å². The first-order valence-corrected chi connectivity index (χ1v) is 12.4. The summed E-state index contributed by atoms with van der Waals surface area (Å²) in [7, 11) is 1.67. The number of unbranched alkanes of at least 4 members (excludes halogenated alkanes) is 8. The van der Waals surface area contributed by atoms with Gasteiger partial charge in [-0.3, -0.25) is 4.79 Å². The van der Waals surface area contributed by atoms with Gasteiger partial charge >= 0.3 is 5.97 Å². The first-order valence-electron chi connectivity index (χ1n) is 11.5. The minimum Gasteiger partial charge on any atom is -0.461 e. The van der Waals surface area contributed by atoms with Crippen LogP contribution in [0.15, 0.2) is 5.38 Å². The van der Waals surface area contributed by atoms with E-state index in [2.05, 4.69) is 11.9 Å². The molecule has 1 heterocycles. The van der Waals surface area contributed by atoms with Crippen LogP contribution in [0.4, 0.5) is 0 Å². The Morgan fingerprint density at radius 3 is 2.30 bits per heavy atom. The average Bonchev–Trinajstić information content (AvgIpc) is 3.21. The van der Waals surface area contributed by atoms with Crippen molar-refractivity contribution in [2.75, 3.05) is 26.9 Å². The molecule has 0 bridgehead atoms. The Morgan fingerprint density at radius 1 is 1.00 bits per heavy atom. The lowest BCUT2D eigenvalue weighted by molar-refractivity contribution is -0.132. The number of hydrogen-bond donors (Lipinski definition) is 0. The van der Waals surface area contributed by atoms with Crippen LogP contribution in [0, 0.1) is 0 Å².